The van der Waals surface area contributed by atoms with E-state index in [-0.39, 0.29) is 12.2 Å². The van der Waals surface area contributed by atoms with E-state index in [1.807, 2.05) is 60.7 Å². The Morgan fingerprint density at radius 2 is 1.88 bits per heavy atom. The van der Waals surface area contributed by atoms with E-state index in [0.717, 1.165) is 15.6 Å². The first-order valence-corrected chi connectivity index (χ1v) is 15.1. The number of benzene rings is 2. The molecule has 1 atom stereocenters. The van der Waals surface area contributed by atoms with Gasteiger partial charge in [0.25, 0.3) is 5.56 Å². The number of carbonyl (C=O) groups excluding carboxylic acids is 1. The van der Waals surface area contributed by atoms with Gasteiger partial charge >= 0.3 is 5.97 Å². The molecule has 1 fully saturated rings. The Morgan fingerprint density at radius 3 is 2.57 bits per heavy atom. The van der Waals surface area contributed by atoms with E-state index in [1.54, 1.807) is 24.7 Å². The zero-order chi connectivity index (χ0) is 29.2. The number of rotatable bonds is 7. The lowest BCUT2D eigenvalue weighted by Gasteiger charge is -2.26. The molecule has 6 rings (SSSR count). The monoisotopic (exact) mass is 649 g/mol. The van der Waals surface area contributed by atoms with Crippen molar-refractivity contribution in [1.82, 2.24) is 4.57 Å². The number of aromatic nitrogens is 1. The van der Waals surface area contributed by atoms with E-state index in [9.17, 15) is 9.59 Å². The van der Waals surface area contributed by atoms with Gasteiger partial charge in [-0.25, -0.2) is 9.79 Å². The molecule has 0 saturated carbocycles. The van der Waals surface area contributed by atoms with Gasteiger partial charge in [0, 0.05) is 30.8 Å². The van der Waals surface area contributed by atoms with Gasteiger partial charge in [-0.15, -0.1) is 0 Å². The molecular formula is C31H28BrN3O6S. The number of hydrogen-bond acceptors (Lipinski definition) is 9. The molecule has 2 aromatic heterocycles. The fraction of sp³-hybridized carbons (Fsp3) is 0.258. The number of ether oxygens (including phenoxy) is 3. The molecule has 0 radical (unpaired) electrons. The number of esters is 1. The first-order chi connectivity index (χ1) is 20.5. The van der Waals surface area contributed by atoms with Crippen molar-refractivity contribution in [1.29, 1.82) is 0 Å². The van der Waals surface area contributed by atoms with Crippen LogP contribution in [0.25, 0.3) is 11.8 Å². The third-order valence-corrected chi connectivity index (χ3v) is 8.62. The second kappa shape index (κ2) is 12.1. The Morgan fingerprint density at radius 1 is 1.14 bits per heavy atom. The van der Waals surface area contributed by atoms with Gasteiger partial charge in [-0.05, 0) is 40.5 Å². The minimum atomic E-state index is -0.768. The van der Waals surface area contributed by atoms with Crippen molar-refractivity contribution in [2.24, 2.45) is 4.99 Å². The standard InChI is InChI=1S/C31H28BrN3O6S/c1-3-40-30(37)25-26(19-7-5-4-6-8-19)33-31-35(27(25)20-9-11-21(38-2)12-10-20)28(36)24(42-31)18-22-17-23(32)29(41-22)34-13-15-39-16-14-34/h4-12,17-18,27H,3,13-16H2,1-2H3/b24-18+/t27-/m0/s1. The lowest BCUT2D eigenvalue weighted by Crippen LogP contribution is -2.40. The Balaban J connectivity index is 1.55. The molecular weight excluding hydrogens is 622 g/mol. The maximum atomic E-state index is 14.1. The SMILES string of the molecule is CCOC(=O)C1=C(c2ccccc2)N=c2s/c(=C/c3cc(Br)c(N4CCOCC4)o3)c(=O)n2[C@H]1c1ccc(OC)cc1. The average molecular weight is 651 g/mol. The Hall–Kier alpha value is -3.93. The topological polar surface area (TPSA) is 95.5 Å². The summed E-state index contributed by atoms with van der Waals surface area (Å²) < 4.78 is 25.3. The molecule has 2 aliphatic heterocycles. The summed E-state index contributed by atoms with van der Waals surface area (Å²) in [5, 5.41) is 0. The second-order valence-corrected chi connectivity index (χ2v) is 11.5. The van der Waals surface area contributed by atoms with Crippen LogP contribution in [0.15, 0.2) is 84.9 Å². The molecule has 2 aliphatic rings. The van der Waals surface area contributed by atoms with Crippen LogP contribution in [0.2, 0.25) is 0 Å². The number of methoxy groups -OCH3 is 1. The van der Waals surface area contributed by atoms with Gasteiger partial charge in [0.05, 0.1) is 53.2 Å². The third-order valence-electron chi connectivity index (χ3n) is 7.06. The minimum absolute atomic E-state index is 0.184. The lowest BCUT2D eigenvalue weighted by atomic mass is 9.93. The normalized spacial score (nSPS) is 17.2. The van der Waals surface area contributed by atoms with Crippen molar-refractivity contribution in [2.75, 3.05) is 44.9 Å². The summed E-state index contributed by atoms with van der Waals surface area (Å²) in [6.07, 6.45) is 1.72. The summed E-state index contributed by atoms with van der Waals surface area (Å²) in [5.41, 5.74) is 1.96. The molecule has 4 heterocycles. The van der Waals surface area contributed by atoms with E-state index in [2.05, 4.69) is 20.8 Å². The van der Waals surface area contributed by atoms with E-state index in [1.165, 1.54) is 11.3 Å². The third kappa shape index (κ3) is 5.35. The van der Waals surface area contributed by atoms with Crippen molar-refractivity contribution in [2.45, 2.75) is 13.0 Å². The van der Waals surface area contributed by atoms with Crippen molar-refractivity contribution >= 4 is 50.9 Å². The van der Waals surface area contributed by atoms with Crippen LogP contribution in [0.1, 0.15) is 29.9 Å². The summed E-state index contributed by atoms with van der Waals surface area (Å²) in [6.45, 7) is 4.62. The van der Waals surface area contributed by atoms with E-state index in [4.69, 9.17) is 23.6 Å². The number of anilines is 1. The van der Waals surface area contributed by atoms with Crippen LogP contribution in [-0.2, 0) is 14.3 Å². The van der Waals surface area contributed by atoms with Crippen molar-refractivity contribution in [3.8, 4) is 5.75 Å². The highest BCUT2D eigenvalue weighted by Gasteiger charge is 2.35. The molecule has 0 unspecified atom stereocenters. The number of nitrogens with zero attached hydrogens (tertiary/aromatic N) is 3. The minimum Gasteiger partial charge on any atom is -0.497 e. The predicted molar refractivity (Wildman–Crippen MR) is 163 cm³/mol. The number of fused-ring (bicyclic) bond motifs is 1. The van der Waals surface area contributed by atoms with E-state index in [0.29, 0.717) is 64.3 Å². The number of carbonyl (C=O) groups is 1. The van der Waals surface area contributed by atoms with Crippen molar-refractivity contribution in [3.63, 3.8) is 0 Å². The Kier molecular flexibility index (Phi) is 8.14. The molecule has 216 valence electrons. The van der Waals surface area contributed by atoms with E-state index >= 15 is 0 Å². The highest BCUT2D eigenvalue weighted by atomic mass is 79.9. The van der Waals surface area contributed by atoms with E-state index < -0.39 is 12.0 Å². The Labute approximate surface area is 254 Å². The van der Waals surface area contributed by atoms with Gasteiger partial charge in [-0.1, -0.05) is 53.8 Å². The zero-order valence-corrected chi connectivity index (χ0v) is 25.4. The molecule has 4 aromatic rings. The highest BCUT2D eigenvalue weighted by molar-refractivity contribution is 9.10. The maximum absolute atomic E-state index is 14.1. The first-order valence-electron chi connectivity index (χ1n) is 13.5. The maximum Gasteiger partial charge on any atom is 0.338 e. The first kappa shape index (κ1) is 28.2. The summed E-state index contributed by atoms with van der Waals surface area (Å²) in [5.74, 6) is 1.36. The van der Waals surface area contributed by atoms with Gasteiger partial charge in [0.15, 0.2) is 4.80 Å². The number of thiazole rings is 1. The molecule has 11 heteroatoms. The fourth-order valence-electron chi connectivity index (χ4n) is 5.10. The molecule has 1 saturated heterocycles. The number of halogens is 1. The van der Waals surface area contributed by atoms with Gasteiger partial charge in [-0.2, -0.15) is 0 Å². The number of hydrogen-bond donors (Lipinski definition) is 0. The number of morpholine rings is 1. The summed E-state index contributed by atoms with van der Waals surface area (Å²) in [4.78, 5) is 35.1. The Bertz CT molecular complexity index is 1820. The molecule has 9 nitrogen and oxygen atoms in total. The van der Waals surface area contributed by atoms with Crippen LogP contribution in [0.3, 0.4) is 0 Å². The number of furan rings is 1. The van der Waals surface area contributed by atoms with Crippen LogP contribution < -0.4 is 24.5 Å². The van der Waals surface area contributed by atoms with Crippen LogP contribution in [0.5, 0.6) is 5.75 Å². The quantitative estimate of drug-likeness (QED) is 0.278. The smallest absolute Gasteiger partial charge is 0.338 e. The molecule has 42 heavy (non-hydrogen) atoms. The lowest BCUT2D eigenvalue weighted by molar-refractivity contribution is -0.138. The summed E-state index contributed by atoms with van der Waals surface area (Å²) in [7, 11) is 1.59. The molecule has 2 aromatic carbocycles. The molecule has 0 amide bonds. The second-order valence-electron chi connectivity index (χ2n) is 9.61. The summed E-state index contributed by atoms with van der Waals surface area (Å²) >= 11 is 4.85. The van der Waals surface area contributed by atoms with Gasteiger partial charge in [-0.3, -0.25) is 9.36 Å². The molecule has 0 aliphatic carbocycles. The summed E-state index contributed by atoms with van der Waals surface area (Å²) in [6, 6.07) is 17.9. The van der Waals surface area contributed by atoms with Crippen LogP contribution in [-0.4, -0.2) is 50.6 Å². The van der Waals surface area contributed by atoms with Gasteiger partial charge in [0.2, 0.25) is 5.88 Å². The average Bonchev–Trinajstić information content (AvgIpc) is 3.55. The van der Waals surface area contributed by atoms with Crippen molar-refractivity contribution < 1.29 is 23.4 Å². The van der Waals surface area contributed by atoms with Gasteiger partial charge < -0.3 is 23.5 Å². The van der Waals surface area contributed by atoms with Crippen LogP contribution in [0, 0.1) is 0 Å². The van der Waals surface area contributed by atoms with Gasteiger partial charge in [0.1, 0.15) is 11.5 Å². The van der Waals surface area contributed by atoms with Crippen molar-refractivity contribution in [3.05, 3.63) is 107 Å². The zero-order valence-electron chi connectivity index (χ0n) is 23.0. The largest absolute Gasteiger partial charge is 0.497 e. The van der Waals surface area contributed by atoms with Crippen LogP contribution in [0.4, 0.5) is 5.88 Å². The van der Waals surface area contributed by atoms with Crippen LogP contribution >= 0.6 is 27.3 Å². The fourth-order valence-corrected chi connectivity index (χ4v) is 6.64. The predicted octanol–water partition coefficient (Wildman–Crippen LogP) is 4.14. The molecule has 0 spiro atoms. The highest BCUT2D eigenvalue weighted by Crippen LogP contribution is 2.36. The molecule has 0 N–H and O–H groups in total. The molecule has 0 bridgehead atoms.